The Balaban J connectivity index is 2.44. The summed E-state index contributed by atoms with van der Waals surface area (Å²) in [7, 11) is -2.35. The van der Waals surface area contributed by atoms with Gasteiger partial charge in [0.15, 0.2) is 0 Å². The number of anilines is 2. The van der Waals surface area contributed by atoms with E-state index in [9.17, 15) is 13.2 Å². The third-order valence-corrected chi connectivity index (χ3v) is 5.64. The number of hydrogen-bond donors (Lipinski definition) is 1. The normalized spacial score (nSPS) is 12.4. The number of rotatable bonds is 6. The van der Waals surface area contributed by atoms with Crippen molar-refractivity contribution in [1.29, 1.82) is 0 Å². The number of hydrogen-bond acceptors (Lipinski definition) is 4. The van der Waals surface area contributed by atoms with Crippen molar-refractivity contribution in [3.05, 3.63) is 52.0 Å². The highest BCUT2D eigenvalue weighted by atomic mass is 35.5. The van der Waals surface area contributed by atoms with Crippen LogP contribution in [0.1, 0.15) is 12.5 Å². The zero-order valence-corrected chi connectivity index (χ0v) is 17.6. The number of nitrogens with one attached hydrogen (secondary N) is 1. The van der Waals surface area contributed by atoms with E-state index in [1.807, 2.05) is 6.92 Å². The molecule has 0 bridgehead atoms. The molecule has 146 valence electrons. The number of benzene rings is 2. The van der Waals surface area contributed by atoms with Gasteiger partial charge in [0.05, 0.1) is 29.8 Å². The highest BCUT2D eigenvalue weighted by Crippen LogP contribution is 2.33. The Hall–Kier alpha value is -1.96. The summed E-state index contributed by atoms with van der Waals surface area (Å²) in [5.41, 5.74) is 1.40. The van der Waals surface area contributed by atoms with Crippen molar-refractivity contribution in [3.8, 4) is 5.75 Å². The van der Waals surface area contributed by atoms with E-state index in [1.165, 1.54) is 20.1 Å². The molecule has 0 unspecified atom stereocenters. The van der Waals surface area contributed by atoms with Crippen LogP contribution in [0.15, 0.2) is 36.4 Å². The number of nitrogens with zero attached hydrogens (tertiary/aromatic N) is 1. The fourth-order valence-electron chi connectivity index (χ4n) is 2.58. The molecule has 1 amide bonds. The van der Waals surface area contributed by atoms with Crippen LogP contribution in [-0.4, -0.2) is 33.7 Å². The molecule has 2 aromatic rings. The van der Waals surface area contributed by atoms with Gasteiger partial charge in [-0.1, -0.05) is 29.3 Å². The molecule has 0 heterocycles. The molecule has 2 rings (SSSR count). The van der Waals surface area contributed by atoms with Gasteiger partial charge in [0.2, 0.25) is 15.9 Å². The Bertz CT molecular complexity index is 964. The highest BCUT2D eigenvalue weighted by molar-refractivity contribution is 7.92. The summed E-state index contributed by atoms with van der Waals surface area (Å²) >= 11 is 12.0. The first-order valence-electron chi connectivity index (χ1n) is 7.94. The maximum atomic E-state index is 12.8. The first-order chi connectivity index (χ1) is 12.5. The van der Waals surface area contributed by atoms with Gasteiger partial charge >= 0.3 is 0 Å². The number of aryl methyl sites for hydroxylation is 1. The molecule has 1 N–H and O–H groups in total. The first-order valence-corrected chi connectivity index (χ1v) is 10.5. The smallest absolute Gasteiger partial charge is 0.248 e. The van der Waals surface area contributed by atoms with Gasteiger partial charge in [-0.15, -0.1) is 0 Å². The fraction of sp³-hybridized carbons (Fsp3) is 0.278. The molecule has 0 spiro atoms. The molecule has 0 fully saturated rings. The number of ether oxygens (including phenoxy) is 1. The minimum absolute atomic E-state index is 0.278. The fourth-order valence-corrected chi connectivity index (χ4v) is 4.09. The van der Waals surface area contributed by atoms with Crippen LogP contribution < -0.4 is 14.4 Å². The Morgan fingerprint density at radius 1 is 1.19 bits per heavy atom. The van der Waals surface area contributed by atoms with Crippen molar-refractivity contribution in [2.24, 2.45) is 0 Å². The molecule has 0 aliphatic heterocycles. The van der Waals surface area contributed by atoms with E-state index in [2.05, 4.69) is 5.32 Å². The van der Waals surface area contributed by atoms with Gasteiger partial charge in [0, 0.05) is 5.02 Å². The van der Waals surface area contributed by atoms with Crippen LogP contribution in [0.5, 0.6) is 5.75 Å². The van der Waals surface area contributed by atoms with Crippen molar-refractivity contribution >= 4 is 50.5 Å². The number of sulfonamides is 1. The lowest BCUT2D eigenvalue weighted by molar-refractivity contribution is -0.116. The molecule has 0 radical (unpaired) electrons. The third-order valence-electron chi connectivity index (χ3n) is 3.85. The summed E-state index contributed by atoms with van der Waals surface area (Å²) in [5.74, 6) is -0.223. The second-order valence-electron chi connectivity index (χ2n) is 6.02. The topological polar surface area (TPSA) is 75.7 Å². The highest BCUT2D eigenvalue weighted by Gasteiger charge is 2.31. The predicted molar refractivity (Wildman–Crippen MR) is 110 cm³/mol. The summed E-state index contributed by atoms with van der Waals surface area (Å²) in [6.45, 7) is 3.30. The molecule has 2 aromatic carbocycles. The standard InChI is InChI=1S/C18H20Cl2N2O4S/c1-11-5-8-17(26-3)16(9-11)22(27(4,24)25)12(2)18(23)21-15-10-13(19)6-7-14(15)20/h5-10,12H,1-4H3,(H,21,23)/t12-/m1/s1. The SMILES string of the molecule is COc1ccc(C)cc1N([C@H](C)C(=O)Nc1cc(Cl)ccc1Cl)S(C)(=O)=O. The lowest BCUT2D eigenvalue weighted by Gasteiger charge is -2.29. The molecule has 0 aliphatic carbocycles. The molecule has 9 heteroatoms. The Morgan fingerprint density at radius 2 is 1.85 bits per heavy atom. The van der Waals surface area contributed by atoms with Crippen LogP contribution in [0.25, 0.3) is 0 Å². The van der Waals surface area contributed by atoms with Crippen LogP contribution in [0.2, 0.25) is 10.0 Å². The lowest BCUT2D eigenvalue weighted by Crippen LogP contribution is -2.45. The number of methoxy groups -OCH3 is 1. The number of carbonyl (C=O) groups is 1. The van der Waals surface area contributed by atoms with Gasteiger partial charge in [0.1, 0.15) is 11.8 Å². The van der Waals surface area contributed by atoms with E-state index in [0.29, 0.717) is 21.5 Å². The van der Waals surface area contributed by atoms with Gasteiger partial charge in [-0.05, 0) is 49.7 Å². The molecule has 0 saturated heterocycles. The average molecular weight is 431 g/mol. The zero-order valence-electron chi connectivity index (χ0n) is 15.3. The van der Waals surface area contributed by atoms with Gasteiger partial charge in [-0.25, -0.2) is 8.42 Å². The second-order valence-corrected chi connectivity index (χ2v) is 8.73. The van der Waals surface area contributed by atoms with Gasteiger partial charge in [-0.2, -0.15) is 0 Å². The summed E-state index contributed by atoms with van der Waals surface area (Å²) < 4.78 is 31.3. The second kappa shape index (κ2) is 8.37. The molecule has 6 nitrogen and oxygen atoms in total. The molecular formula is C18H20Cl2N2O4S. The first kappa shape index (κ1) is 21.3. The maximum absolute atomic E-state index is 12.8. The van der Waals surface area contributed by atoms with Gasteiger partial charge in [-0.3, -0.25) is 9.10 Å². The van der Waals surface area contributed by atoms with Crippen molar-refractivity contribution in [1.82, 2.24) is 0 Å². The van der Waals surface area contributed by atoms with Crippen molar-refractivity contribution < 1.29 is 17.9 Å². The van der Waals surface area contributed by atoms with Crippen molar-refractivity contribution in [3.63, 3.8) is 0 Å². The minimum Gasteiger partial charge on any atom is -0.495 e. The molecule has 0 saturated carbocycles. The van der Waals surface area contributed by atoms with E-state index < -0.39 is 22.0 Å². The van der Waals surface area contributed by atoms with Crippen LogP contribution in [0.3, 0.4) is 0 Å². The van der Waals surface area contributed by atoms with E-state index in [-0.39, 0.29) is 5.69 Å². The number of halogens is 2. The molecule has 27 heavy (non-hydrogen) atoms. The van der Waals surface area contributed by atoms with Crippen LogP contribution >= 0.6 is 23.2 Å². The Morgan fingerprint density at radius 3 is 2.44 bits per heavy atom. The Kier molecular flexibility index (Phi) is 6.62. The summed E-state index contributed by atoms with van der Waals surface area (Å²) in [4.78, 5) is 12.8. The lowest BCUT2D eigenvalue weighted by atomic mass is 10.2. The quantitative estimate of drug-likeness (QED) is 0.747. The van der Waals surface area contributed by atoms with E-state index in [1.54, 1.807) is 30.3 Å². The Labute approximate surface area is 169 Å². The summed E-state index contributed by atoms with van der Waals surface area (Å²) in [6.07, 6.45) is 1.03. The molecule has 0 aromatic heterocycles. The summed E-state index contributed by atoms with van der Waals surface area (Å²) in [6, 6.07) is 8.65. The third kappa shape index (κ3) is 5.06. The zero-order chi connectivity index (χ0) is 20.4. The predicted octanol–water partition coefficient (Wildman–Crippen LogP) is 4.10. The maximum Gasteiger partial charge on any atom is 0.248 e. The number of amides is 1. The van der Waals surface area contributed by atoms with Crippen molar-refractivity contribution in [2.45, 2.75) is 19.9 Å². The average Bonchev–Trinajstić information content (AvgIpc) is 2.57. The van der Waals surface area contributed by atoms with Crippen molar-refractivity contribution in [2.75, 3.05) is 23.0 Å². The van der Waals surface area contributed by atoms with E-state index in [4.69, 9.17) is 27.9 Å². The monoisotopic (exact) mass is 430 g/mol. The molecule has 1 atom stereocenters. The van der Waals surface area contributed by atoms with Gasteiger partial charge < -0.3 is 10.1 Å². The molecular weight excluding hydrogens is 411 g/mol. The van der Waals surface area contributed by atoms with E-state index >= 15 is 0 Å². The largest absolute Gasteiger partial charge is 0.495 e. The van der Waals surface area contributed by atoms with Gasteiger partial charge in [0.25, 0.3) is 0 Å². The van der Waals surface area contributed by atoms with Crippen LogP contribution in [-0.2, 0) is 14.8 Å². The van der Waals surface area contributed by atoms with Crippen LogP contribution in [0, 0.1) is 6.92 Å². The van der Waals surface area contributed by atoms with E-state index in [0.717, 1.165) is 16.1 Å². The molecule has 0 aliphatic rings. The van der Waals surface area contributed by atoms with Crippen LogP contribution in [0.4, 0.5) is 11.4 Å². The number of carbonyl (C=O) groups excluding carboxylic acids is 1. The minimum atomic E-state index is -3.79. The summed E-state index contributed by atoms with van der Waals surface area (Å²) in [5, 5.41) is 3.31.